The summed E-state index contributed by atoms with van der Waals surface area (Å²) in [5.74, 6) is -1.00. The van der Waals surface area contributed by atoms with E-state index in [-0.39, 0.29) is 0 Å². The molecule has 114 valence electrons. The van der Waals surface area contributed by atoms with Gasteiger partial charge in [0.2, 0.25) is 0 Å². The van der Waals surface area contributed by atoms with Gasteiger partial charge in [0.1, 0.15) is 0 Å². The summed E-state index contributed by atoms with van der Waals surface area (Å²) in [7, 11) is 0. The largest absolute Gasteiger partial charge is 0.478 e. The summed E-state index contributed by atoms with van der Waals surface area (Å²) in [5.41, 5.74) is 3.19. The molecule has 0 atom stereocenters. The molecule has 2 aromatic carbocycles. The summed E-state index contributed by atoms with van der Waals surface area (Å²) >= 11 is 5.93. The normalized spacial score (nSPS) is 11.0. The van der Waals surface area contributed by atoms with Crippen LogP contribution in [-0.4, -0.2) is 20.9 Å². The summed E-state index contributed by atoms with van der Waals surface area (Å²) in [6, 6.07) is 16.9. The Labute approximate surface area is 138 Å². The lowest BCUT2D eigenvalue weighted by atomic mass is 10.1. The van der Waals surface area contributed by atoms with Gasteiger partial charge < -0.3 is 5.11 Å². The fraction of sp³-hybridized carbons (Fsp3) is 0. The number of hydrogen-bond acceptors (Lipinski definition) is 2. The van der Waals surface area contributed by atoms with Crippen molar-refractivity contribution < 1.29 is 9.90 Å². The summed E-state index contributed by atoms with van der Waals surface area (Å²) in [6.45, 7) is 0. The van der Waals surface area contributed by atoms with Crippen molar-refractivity contribution in [2.24, 2.45) is 0 Å². The summed E-state index contributed by atoms with van der Waals surface area (Å²) in [5, 5.41) is 14.1. The second kappa shape index (κ2) is 6.50. The number of para-hydroxylation sites is 1. The van der Waals surface area contributed by atoms with Gasteiger partial charge >= 0.3 is 5.97 Å². The highest BCUT2D eigenvalue weighted by Crippen LogP contribution is 2.26. The van der Waals surface area contributed by atoms with Crippen molar-refractivity contribution in [1.82, 2.24) is 9.78 Å². The third-order valence-corrected chi connectivity index (χ3v) is 3.54. The van der Waals surface area contributed by atoms with E-state index in [9.17, 15) is 4.79 Å². The van der Waals surface area contributed by atoms with E-state index in [0.29, 0.717) is 10.7 Å². The zero-order chi connectivity index (χ0) is 16.2. The topological polar surface area (TPSA) is 55.1 Å². The maximum Gasteiger partial charge on any atom is 0.328 e. The average molecular weight is 325 g/mol. The number of rotatable bonds is 4. The van der Waals surface area contributed by atoms with E-state index in [0.717, 1.165) is 22.9 Å². The first-order chi connectivity index (χ1) is 11.1. The molecule has 23 heavy (non-hydrogen) atoms. The average Bonchev–Trinajstić information content (AvgIpc) is 2.99. The first-order valence-corrected chi connectivity index (χ1v) is 7.33. The van der Waals surface area contributed by atoms with E-state index in [1.165, 1.54) is 0 Å². The summed E-state index contributed by atoms with van der Waals surface area (Å²) in [4.78, 5) is 10.8. The molecule has 1 heterocycles. The Balaban J connectivity index is 2.10. The molecule has 0 bridgehead atoms. The van der Waals surface area contributed by atoms with Crippen molar-refractivity contribution in [3.05, 3.63) is 77.5 Å². The molecule has 0 radical (unpaired) electrons. The third-order valence-electron chi connectivity index (χ3n) is 3.29. The van der Waals surface area contributed by atoms with Gasteiger partial charge in [0, 0.05) is 28.4 Å². The molecule has 0 spiro atoms. The zero-order valence-electron chi connectivity index (χ0n) is 12.1. The van der Waals surface area contributed by atoms with E-state index < -0.39 is 5.97 Å². The fourth-order valence-corrected chi connectivity index (χ4v) is 2.34. The lowest BCUT2D eigenvalue weighted by molar-refractivity contribution is -0.131. The number of hydrogen-bond donors (Lipinski definition) is 1. The molecule has 0 saturated carbocycles. The van der Waals surface area contributed by atoms with Crippen LogP contribution in [0.4, 0.5) is 0 Å². The number of benzene rings is 2. The van der Waals surface area contributed by atoms with Crippen LogP contribution in [0.3, 0.4) is 0 Å². The van der Waals surface area contributed by atoms with Crippen LogP contribution in [0, 0.1) is 0 Å². The van der Waals surface area contributed by atoms with Gasteiger partial charge in [-0.15, -0.1) is 0 Å². The minimum Gasteiger partial charge on any atom is -0.478 e. The molecule has 0 amide bonds. The van der Waals surface area contributed by atoms with Gasteiger partial charge in [0.05, 0.1) is 11.4 Å². The van der Waals surface area contributed by atoms with Crippen LogP contribution in [0.25, 0.3) is 23.0 Å². The number of nitrogens with zero attached hydrogens (tertiary/aromatic N) is 2. The molecule has 1 aromatic heterocycles. The predicted molar refractivity (Wildman–Crippen MR) is 90.7 cm³/mol. The fourth-order valence-electron chi connectivity index (χ4n) is 2.22. The smallest absolute Gasteiger partial charge is 0.328 e. The van der Waals surface area contributed by atoms with E-state index in [4.69, 9.17) is 16.7 Å². The Hall–Kier alpha value is -2.85. The Morgan fingerprint density at radius 1 is 1.09 bits per heavy atom. The Morgan fingerprint density at radius 3 is 2.43 bits per heavy atom. The quantitative estimate of drug-likeness (QED) is 0.728. The lowest BCUT2D eigenvalue weighted by Crippen LogP contribution is -1.93. The minimum atomic E-state index is -1.00. The van der Waals surface area contributed by atoms with Crippen LogP contribution < -0.4 is 0 Å². The first kappa shape index (κ1) is 15.1. The first-order valence-electron chi connectivity index (χ1n) is 6.95. The van der Waals surface area contributed by atoms with Crippen molar-refractivity contribution >= 4 is 23.6 Å². The van der Waals surface area contributed by atoms with Crippen LogP contribution in [0.2, 0.25) is 5.02 Å². The van der Waals surface area contributed by atoms with E-state index in [1.54, 1.807) is 29.1 Å². The molecule has 5 heteroatoms. The second-order valence-corrected chi connectivity index (χ2v) is 5.33. The van der Waals surface area contributed by atoms with E-state index in [1.807, 2.05) is 42.5 Å². The van der Waals surface area contributed by atoms with Crippen molar-refractivity contribution in [2.45, 2.75) is 0 Å². The number of aliphatic carboxylic acids is 1. The standard InChI is InChI=1S/C18H13ClN2O2/c19-15-9-6-13(7-10-15)18-14(8-11-17(22)23)12-21(20-18)16-4-2-1-3-5-16/h1-12H,(H,22,23)/b11-8+. The molecule has 0 aliphatic heterocycles. The van der Waals surface area contributed by atoms with E-state index in [2.05, 4.69) is 5.10 Å². The van der Waals surface area contributed by atoms with Crippen molar-refractivity contribution in [1.29, 1.82) is 0 Å². The Bertz CT molecular complexity index is 852. The second-order valence-electron chi connectivity index (χ2n) is 4.89. The Kier molecular flexibility index (Phi) is 4.26. The van der Waals surface area contributed by atoms with Gasteiger partial charge in [0.15, 0.2) is 0 Å². The number of carbonyl (C=O) groups is 1. The lowest BCUT2D eigenvalue weighted by Gasteiger charge is -2.00. The molecular formula is C18H13ClN2O2. The van der Waals surface area contributed by atoms with Gasteiger partial charge in [-0.05, 0) is 30.3 Å². The molecule has 0 fully saturated rings. The van der Waals surface area contributed by atoms with Crippen molar-refractivity contribution in [3.8, 4) is 16.9 Å². The van der Waals surface area contributed by atoms with Gasteiger partial charge in [-0.25, -0.2) is 9.48 Å². The highest BCUT2D eigenvalue weighted by atomic mass is 35.5. The van der Waals surface area contributed by atoms with Gasteiger partial charge in [-0.2, -0.15) is 5.10 Å². The number of carboxylic acids is 1. The minimum absolute atomic E-state index is 0.638. The molecule has 3 aromatic rings. The van der Waals surface area contributed by atoms with Crippen molar-refractivity contribution in [2.75, 3.05) is 0 Å². The third kappa shape index (κ3) is 3.49. The number of carboxylic acid groups (broad SMARTS) is 1. The maximum absolute atomic E-state index is 10.8. The SMILES string of the molecule is O=C(O)/C=C/c1cn(-c2ccccc2)nc1-c1ccc(Cl)cc1. The molecule has 1 N–H and O–H groups in total. The molecule has 0 aliphatic rings. The summed E-state index contributed by atoms with van der Waals surface area (Å²) in [6.07, 6.45) is 4.45. The van der Waals surface area contributed by atoms with Gasteiger partial charge in [0.25, 0.3) is 0 Å². The van der Waals surface area contributed by atoms with Crippen LogP contribution in [0.1, 0.15) is 5.56 Å². The van der Waals surface area contributed by atoms with Gasteiger partial charge in [-0.3, -0.25) is 0 Å². The zero-order valence-corrected chi connectivity index (χ0v) is 12.8. The van der Waals surface area contributed by atoms with Crippen LogP contribution in [0.5, 0.6) is 0 Å². The number of halogens is 1. The molecule has 3 rings (SSSR count). The molecule has 0 unspecified atom stereocenters. The molecule has 0 aliphatic carbocycles. The monoisotopic (exact) mass is 324 g/mol. The molecule has 4 nitrogen and oxygen atoms in total. The maximum atomic E-state index is 10.8. The van der Waals surface area contributed by atoms with Crippen LogP contribution >= 0.6 is 11.6 Å². The molecule has 0 saturated heterocycles. The van der Waals surface area contributed by atoms with Gasteiger partial charge in [-0.1, -0.05) is 41.9 Å². The van der Waals surface area contributed by atoms with Crippen LogP contribution in [-0.2, 0) is 4.79 Å². The molecular weight excluding hydrogens is 312 g/mol. The predicted octanol–water partition coefficient (Wildman–Crippen LogP) is 4.29. The van der Waals surface area contributed by atoms with E-state index >= 15 is 0 Å². The van der Waals surface area contributed by atoms with Crippen molar-refractivity contribution in [3.63, 3.8) is 0 Å². The Morgan fingerprint density at radius 2 is 1.78 bits per heavy atom. The summed E-state index contributed by atoms with van der Waals surface area (Å²) < 4.78 is 1.73. The highest BCUT2D eigenvalue weighted by Gasteiger charge is 2.10. The highest BCUT2D eigenvalue weighted by molar-refractivity contribution is 6.30. The number of aromatic nitrogens is 2. The van der Waals surface area contributed by atoms with Crippen LogP contribution in [0.15, 0.2) is 66.9 Å².